The number of nitrogens with two attached hydrogens (primary N) is 1. The van der Waals surface area contributed by atoms with Crippen molar-refractivity contribution in [3.8, 4) is 0 Å². The number of nitrogens with one attached hydrogen (secondary N) is 9. The fourth-order valence-electron chi connectivity index (χ4n) is 6.54. The molecule has 0 spiro atoms. The second kappa shape index (κ2) is 26.8. The molecule has 2 rings (SSSR count). The number of hydrogen-bond acceptors (Lipinski definition) is 13. The number of carbonyl (C=O) groups excluding carboxylic acids is 9. The van der Waals surface area contributed by atoms with Crippen molar-refractivity contribution in [3.63, 3.8) is 0 Å². The van der Waals surface area contributed by atoms with E-state index in [2.05, 4.69) is 42.5 Å². The molecule has 14 N–H and O–H groups in total. The van der Waals surface area contributed by atoms with Crippen LogP contribution in [0.5, 0.6) is 0 Å². The average molecular weight is 873 g/mol. The predicted molar refractivity (Wildman–Crippen MR) is 213 cm³/mol. The first kappa shape index (κ1) is 50.9. The number of aliphatic carboxylic acids is 1. The first-order valence-corrected chi connectivity index (χ1v) is 20.9. The zero-order valence-electron chi connectivity index (χ0n) is 33.8. The number of amides is 10. The van der Waals surface area contributed by atoms with Gasteiger partial charge in [-0.05, 0) is 50.9 Å². The highest BCUT2D eigenvalue weighted by Crippen LogP contribution is 2.33. The molecule has 0 aromatic carbocycles. The number of aliphatic hydroxyl groups is 1. The molecule has 23 nitrogen and oxygen atoms in total. The maximum atomic E-state index is 13.0. The van der Waals surface area contributed by atoms with Gasteiger partial charge in [-0.1, -0.05) is 20.3 Å². The minimum absolute atomic E-state index is 0.0693. The second-order valence-electron chi connectivity index (χ2n) is 15.0. The third-order valence-electron chi connectivity index (χ3n) is 9.65. The Morgan fingerprint density at radius 3 is 2.12 bits per heavy atom. The fraction of sp³-hybridized carbons (Fsp3) is 0.722. The number of hydrogen-bond donors (Lipinski definition) is 13. The normalized spacial score (nSPS) is 18.6. The second-order valence-corrected chi connectivity index (χ2v) is 16.3. The highest BCUT2D eigenvalue weighted by atomic mass is 32.2. The van der Waals surface area contributed by atoms with E-state index in [0.29, 0.717) is 37.5 Å². The van der Waals surface area contributed by atoms with Gasteiger partial charge in [0.25, 0.3) is 0 Å². The molecule has 2 aliphatic rings. The highest BCUT2D eigenvalue weighted by molar-refractivity contribution is 8.00. The van der Waals surface area contributed by atoms with Crippen molar-refractivity contribution in [2.75, 3.05) is 32.0 Å². The smallest absolute Gasteiger partial charge is 0.315 e. The van der Waals surface area contributed by atoms with Gasteiger partial charge in [0, 0.05) is 42.7 Å². The number of fused-ring (bicyclic) bond motifs is 1. The topological polar surface area (TPSA) is 366 Å². The van der Waals surface area contributed by atoms with Gasteiger partial charge in [-0.3, -0.25) is 48.4 Å². The highest BCUT2D eigenvalue weighted by Gasteiger charge is 2.42. The van der Waals surface area contributed by atoms with E-state index in [0.717, 1.165) is 18.6 Å². The predicted octanol–water partition coefficient (Wildman–Crippen LogP) is -3.41. The molecule has 0 aliphatic carbocycles. The number of carbonyl (C=O) groups is 10. The maximum Gasteiger partial charge on any atom is 0.315 e. The van der Waals surface area contributed by atoms with Crippen molar-refractivity contribution in [3.05, 3.63) is 0 Å². The number of rotatable bonds is 29. The van der Waals surface area contributed by atoms with E-state index in [4.69, 9.17) is 16.0 Å². The SMILES string of the molecule is CC(C)CC(CC(=O)NO)C(=O)N[C@@H](CO)C(=O)N[C@@H](CCC(=O)O)C(=O)NCC(=O)NCC(=O)N[C@@H](CCCCNC(=O)CCCC[C@@H]1SC[C@@H]2NC(=O)N[C@@H]21)C(N)=O. The van der Waals surface area contributed by atoms with E-state index >= 15 is 0 Å². The first-order chi connectivity index (χ1) is 28.4. The Kier molecular flexibility index (Phi) is 22.7. The Hall–Kier alpha value is -5.23. The molecule has 2 heterocycles. The molecule has 0 aromatic rings. The molecule has 60 heavy (non-hydrogen) atoms. The van der Waals surface area contributed by atoms with Crippen LogP contribution >= 0.6 is 11.8 Å². The van der Waals surface area contributed by atoms with Gasteiger partial charge < -0.3 is 58.5 Å². The Labute approximate surface area is 351 Å². The molecule has 338 valence electrons. The summed E-state index contributed by atoms with van der Waals surface area (Å²) in [6.07, 6.45) is 2.64. The first-order valence-electron chi connectivity index (χ1n) is 19.9. The largest absolute Gasteiger partial charge is 0.481 e. The zero-order chi connectivity index (χ0) is 44.8. The van der Waals surface area contributed by atoms with Crippen molar-refractivity contribution in [1.29, 1.82) is 0 Å². The summed E-state index contributed by atoms with van der Waals surface area (Å²) in [5.74, 6) is -7.75. The van der Waals surface area contributed by atoms with Crippen LogP contribution in [-0.4, -0.2) is 142 Å². The van der Waals surface area contributed by atoms with E-state index in [1.807, 2.05) is 11.8 Å². The monoisotopic (exact) mass is 872 g/mol. The quantitative estimate of drug-likeness (QED) is 0.0151. The molecule has 2 saturated heterocycles. The minimum Gasteiger partial charge on any atom is -0.481 e. The average Bonchev–Trinajstić information content (AvgIpc) is 3.75. The van der Waals surface area contributed by atoms with Crippen LogP contribution in [0, 0.1) is 11.8 Å². The summed E-state index contributed by atoms with van der Waals surface area (Å²) < 4.78 is 0. The number of unbranched alkanes of at least 4 members (excludes halogenated alkanes) is 2. The number of carboxylic acid groups (broad SMARTS) is 1. The summed E-state index contributed by atoms with van der Waals surface area (Å²) in [6, 6.07) is -4.07. The van der Waals surface area contributed by atoms with Crippen molar-refractivity contribution >= 4 is 71.0 Å². The Morgan fingerprint density at radius 2 is 1.47 bits per heavy atom. The third kappa shape index (κ3) is 19.2. The van der Waals surface area contributed by atoms with Crippen LogP contribution in [0.2, 0.25) is 0 Å². The molecule has 0 saturated carbocycles. The van der Waals surface area contributed by atoms with E-state index < -0.39 is 110 Å². The van der Waals surface area contributed by atoms with Gasteiger partial charge in [0.2, 0.25) is 47.3 Å². The lowest BCUT2D eigenvalue weighted by atomic mass is 9.92. The number of hydroxylamine groups is 1. The van der Waals surface area contributed by atoms with E-state index in [-0.39, 0.29) is 42.8 Å². The van der Waals surface area contributed by atoms with Crippen LogP contribution in [0.1, 0.15) is 84.5 Å². The molecule has 0 radical (unpaired) electrons. The lowest BCUT2D eigenvalue weighted by molar-refractivity contribution is -0.139. The zero-order valence-corrected chi connectivity index (χ0v) is 34.7. The number of urea groups is 1. The molecule has 2 fully saturated rings. The number of thioether (sulfide) groups is 1. The van der Waals surface area contributed by atoms with Gasteiger partial charge in [-0.15, -0.1) is 0 Å². The van der Waals surface area contributed by atoms with E-state index in [1.54, 1.807) is 13.8 Å². The summed E-state index contributed by atoms with van der Waals surface area (Å²) in [5, 5.41) is 48.2. The Morgan fingerprint density at radius 1 is 0.767 bits per heavy atom. The van der Waals surface area contributed by atoms with Crippen LogP contribution in [-0.2, 0) is 43.2 Å². The van der Waals surface area contributed by atoms with Crippen LogP contribution in [0.15, 0.2) is 0 Å². The maximum absolute atomic E-state index is 13.0. The summed E-state index contributed by atoms with van der Waals surface area (Å²) in [5.41, 5.74) is 6.86. The summed E-state index contributed by atoms with van der Waals surface area (Å²) in [7, 11) is 0. The van der Waals surface area contributed by atoms with Crippen LogP contribution in [0.3, 0.4) is 0 Å². The van der Waals surface area contributed by atoms with Gasteiger partial charge in [0.05, 0.1) is 31.8 Å². The summed E-state index contributed by atoms with van der Waals surface area (Å²) >= 11 is 1.82. The Bertz CT molecular complexity index is 1540. The van der Waals surface area contributed by atoms with Crippen molar-refractivity contribution in [1.82, 2.24) is 48.0 Å². The minimum atomic E-state index is -1.62. The van der Waals surface area contributed by atoms with Crippen LogP contribution < -0.4 is 53.7 Å². The summed E-state index contributed by atoms with van der Waals surface area (Å²) in [6.45, 7) is 1.65. The molecule has 0 bridgehead atoms. The van der Waals surface area contributed by atoms with Crippen molar-refractivity contribution < 1.29 is 63.4 Å². The number of carboxylic acids is 1. The number of aliphatic hydroxyl groups excluding tert-OH is 1. The summed E-state index contributed by atoms with van der Waals surface area (Å²) in [4.78, 5) is 122. The van der Waals surface area contributed by atoms with E-state index in [1.165, 1.54) is 5.48 Å². The fourth-order valence-corrected chi connectivity index (χ4v) is 8.08. The van der Waals surface area contributed by atoms with Gasteiger partial charge in [-0.25, -0.2) is 10.3 Å². The Balaban J connectivity index is 1.73. The molecule has 1 unspecified atom stereocenters. The van der Waals surface area contributed by atoms with Crippen molar-refractivity contribution in [2.24, 2.45) is 17.6 Å². The van der Waals surface area contributed by atoms with Crippen LogP contribution in [0.4, 0.5) is 4.79 Å². The lowest BCUT2D eigenvalue weighted by Gasteiger charge is -2.24. The molecule has 24 heteroatoms. The molecular formula is C36H60N10O13S. The van der Waals surface area contributed by atoms with Gasteiger partial charge in [0.1, 0.15) is 18.1 Å². The standard InChI is InChI=1S/C36H60N10O13S/c1-19(2)13-20(14-27(49)46-59)33(55)43-23(17-47)35(57)42-22(10-11-30(52)53)34(56)40-15-28(50)39-16-29(51)41-21(32(37)54)7-5-6-12-38-26(48)9-4-3-8-25-31-24(18-60-25)44-36(58)45-31/h19-25,31,47,59H,3-18H2,1-2H3,(H2,37,54)(H,38,48)(H,39,50)(H,40,56)(H,41,51)(H,42,57)(H,43,55)(H,46,49)(H,52,53)(H2,44,45,58)/t20?,21-,22-,23-,24-,25-,31-/m0/s1. The molecular weight excluding hydrogens is 813 g/mol. The lowest BCUT2D eigenvalue weighted by Crippen LogP contribution is -2.56. The molecule has 10 amide bonds. The molecule has 7 atom stereocenters. The third-order valence-corrected chi connectivity index (χ3v) is 11.2. The number of primary amides is 1. The van der Waals surface area contributed by atoms with E-state index in [9.17, 15) is 53.1 Å². The van der Waals surface area contributed by atoms with Crippen LogP contribution in [0.25, 0.3) is 0 Å². The van der Waals surface area contributed by atoms with Gasteiger partial charge in [0.15, 0.2) is 0 Å². The molecule has 2 aliphatic heterocycles. The van der Waals surface area contributed by atoms with Crippen molar-refractivity contribution in [2.45, 2.75) is 120 Å². The molecule has 0 aromatic heterocycles. The van der Waals surface area contributed by atoms with Gasteiger partial charge in [-0.2, -0.15) is 11.8 Å². The van der Waals surface area contributed by atoms with Gasteiger partial charge >= 0.3 is 12.0 Å².